The minimum Gasteiger partial charge on any atom is -0.310 e. The van der Waals surface area contributed by atoms with Crippen molar-refractivity contribution >= 4 is 11.7 Å². The van der Waals surface area contributed by atoms with E-state index in [-0.39, 0.29) is 17.6 Å². The minimum absolute atomic E-state index is 0.0923. The molecule has 5 heteroatoms. The summed E-state index contributed by atoms with van der Waals surface area (Å²) in [7, 11) is 1.77. The number of nitrogens with one attached hydrogen (secondary N) is 1. The van der Waals surface area contributed by atoms with E-state index >= 15 is 0 Å². The Hall–Kier alpha value is -2.95. The molecule has 0 radical (unpaired) electrons. The standard InChI is InChI=1S/C23H26FN3O/c1-15(2)13-17-5-7-18(8-6-17)16(3)23(28)25-22-14-21(26-27(22)4)19-9-11-20(24)12-10-19/h5-12,14-16H,13H2,1-4H3,(H,25,28)/t16-/m1/s1. The molecule has 4 nitrogen and oxygen atoms in total. The average Bonchev–Trinajstić information content (AvgIpc) is 3.02. The van der Waals surface area contributed by atoms with Crippen LogP contribution in [0, 0.1) is 11.7 Å². The van der Waals surface area contributed by atoms with Crippen LogP contribution in [-0.4, -0.2) is 15.7 Å². The van der Waals surface area contributed by atoms with Crippen molar-refractivity contribution in [3.63, 3.8) is 0 Å². The number of aryl methyl sites for hydroxylation is 1. The maximum atomic E-state index is 13.1. The van der Waals surface area contributed by atoms with Crippen molar-refractivity contribution < 1.29 is 9.18 Å². The normalized spacial score (nSPS) is 12.2. The smallest absolute Gasteiger partial charge is 0.232 e. The number of nitrogens with zero attached hydrogens (tertiary/aromatic N) is 2. The predicted molar refractivity (Wildman–Crippen MR) is 111 cm³/mol. The molecule has 3 rings (SSSR count). The summed E-state index contributed by atoms with van der Waals surface area (Å²) >= 11 is 0. The van der Waals surface area contributed by atoms with Crippen LogP contribution >= 0.6 is 0 Å². The molecule has 1 amide bonds. The Morgan fingerprint density at radius 3 is 2.32 bits per heavy atom. The summed E-state index contributed by atoms with van der Waals surface area (Å²) in [6.45, 7) is 6.28. The Kier molecular flexibility index (Phi) is 5.93. The summed E-state index contributed by atoms with van der Waals surface area (Å²) in [6.07, 6.45) is 1.03. The maximum Gasteiger partial charge on any atom is 0.232 e. The second kappa shape index (κ2) is 8.38. The number of carbonyl (C=O) groups excluding carboxylic acids is 1. The summed E-state index contributed by atoms with van der Waals surface area (Å²) in [5.74, 6) is 0.545. The molecule has 146 valence electrons. The van der Waals surface area contributed by atoms with Crippen LogP contribution in [0.5, 0.6) is 0 Å². The molecule has 3 aromatic rings. The van der Waals surface area contributed by atoms with Crippen LogP contribution in [0.1, 0.15) is 37.8 Å². The van der Waals surface area contributed by atoms with Gasteiger partial charge in [-0.2, -0.15) is 5.10 Å². The van der Waals surface area contributed by atoms with E-state index < -0.39 is 0 Å². The maximum absolute atomic E-state index is 13.1. The molecule has 0 aliphatic carbocycles. The van der Waals surface area contributed by atoms with Crippen LogP contribution in [-0.2, 0) is 18.3 Å². The Bertz CT molecular complexity index is 943. The van der Waals surface area contributed by atoms with Gasteiger partial charge in [0.2, 0.25) is 5.91 Å². The van der Waals surface area contributed by atoms with E-state index in [1.165, 1.54) is 17.7 Å². The first-order valence-electron chi connectivity index (χ1n) is 9.53. The van der Waals surface area contributed by atoms with Crippen LogP contribution in [0.15, 0.2) is 54.6 Å². The van der Waals surface area contributed by atoms with Gasteiger partial charge in [-0.3, -0.25) is 9.48 Å². The van der Waals surface area contributed by atoms with Crippen molar-refractivity contribution in [2.75, 3.05) is 5.32 Å². The number of anilines is 1. The molecule has 1 aromatic heterocycles. The fraction of sp³-hybridized carbons (Fsp3) is 0.304. The zero-order chi connectivity index (χ0) is 20.3. The van der Waals surface area contributed by atoms with Gasteiger partial charge in [0, 0.05) is 18.7 Å². The second-order valence-electron chi connectivity index (χ2n) is 7.60. The van der Waals surface area contributed by atoms with Crippen molar-refractivity contribution in [1.82, 2.24) is 9.78 Å². The number of amides is 1. The number of hydrogen-bond donors (Lipinski definition) is 1. The highest BCUT2D eigenvalue weighted by atomic mass is 19.1. The number of aromatic nitrogens is 2. The van der Waals surface area contributed by atoms with Crippen LogP contribution in [0.3, 0.4) is 0 Å². The molecule has 0 aliphatic heterocycles. The third-order valence-corrected chi connectivity index (χ3v) is 4.79. The molecule has 0 saturated carbocycles. The third kappa shape index (κ3) is 4.66. The fourth-order valence-electron chi connectivity index (χ4n) is 3.15. The van der Waals surface area contributed by atoms with Crippen molar-refractivity contribution in [2.24, 2.45) is 13.0 Å². The first-order chi connectivity index (χ1) is 13.3. The summed E-state index contributed by atoms with van der Waals surface area (Å²) in [5.41, 5.74) is 3.74. The van der Waals surface area contributed by atoms with Crippen LogP contribution in [0.25, 0.3) is 11.3 Å². The quantitative estimate of drug-likeness (QED) is 0.642. The van der Waals surface area contributed by atoms with E-state index in [0.717, 1.165) is 17.5 Å². The zero-order valence-corrected chi connectivity index (χ0v) is 16.7. The molecule has 0 unspecified atom stereocenters. The molecule has 1 N–H and O–H groups in total. The highest BCUT2D eigenvalue weighted by molar-refractivity contribution is 5.95. The molecule has 0 spiro atoms. The molecule has 0 bridgehead atoms. The number of halogens is 1. The Morgan fingerprint density at radius 2 is 1.71 bits per heavy atom. The summed E-state index contributed by atoms with van der Waals surface area (Å²) in [4.78, 5) is 12.7. The van der Waals surface area contributed by atoms with Crippen LogP contribution in [0.2, 0.25) is 0 Å². The monoisotopic (exact) mass is 379 g/mol. The number of carbonyl (C=O) groups is 1. The van der Waals surface area contributed by atoms with Gasteiger partial charge in [-0.05, 0) is 54.7 Å². The Morgan fingerprint density at radius 1 is 1.07 bits per heavy atom. The van der Waals surface area contributed by atoms with E-state index in [4.69, 9.17) is 0 Å². The molecule has 0 saturated heterocycles. The Balaban J connectivity index is 1.71. The lowest BCUT2D eigenvalue weighted by atomic mass is 9.96. The van der Waals surface area contributed by atoms with E-state index in [1.54, 1.807) is 29.9 Å². The average molecular weight is 379 g/mol. The first kappa shape index (κ1) is 19.8. The van der Waals surface area contributed by atoms with E-state index in [9.17, 15) is 9.18 Å². The first-order valence-corrected chi connectivity index (χ1v) is 9.53. The summed E-state index contributed by atoms with van der Waals surface area (Å²) in [6, 6.07) is 16.2. The fourth-order valence-corrected chi connectivity index (χ4v) is 3.15. The topological polar surface area (TPSA) is 46.9 Å². The van der Waals surface area contributed by atoms with Gasteiger partial charge in [-0.1, -0.05) is 38.1 Å². The van der Waals surface area contributed by atoms with Gasteiger partial charge in [-0.15, -0.1) is 0 Å². The molecule has 2 aromatic carbocycles. The van der Waals surface area contributed by atoms with Gasteiger partial charge in [-0.25, -0.2) is 4.39 Å². The number of rotatable bonds is 6. The summed E-state index contributed by atoms with van der Waals surface area (Å²) < 4.78 is 14.7. The van der Waals surface area contributed by atoms with E-state index in [0.29, 0.717) is 17.4 Å². The third-order valence-electron chi connectivity index (χ3n) is 4.79. The number of benzene rings is 2. The van der Waals surface area contributed by atoms with Crippen LogP contribution < -0.4 is 5.32 Å². The predicted octanol–water partition coefficient (Wildman–Crippen LogP) is 5.17. The Labute approximate surface area is 165 Å². The molecular weight excluding hydrogens is 353 g/mol. The molecule has 1 heterocycles. The lowest BCUT2D eigenvalue weighted by Crippen LogP contribution is -2.20. The van der Waals surface area contributed by atoms with E-state index in [1.807, 2.05) is 19.1 Å². The highest BCUT2D eigenvalue weighted by Gasteiger charge is 2.18. The molecule has 28 heavy (non-hydrogen) atoms. The minimum atomic E-state index is -0.290. The van der Waals surface area contributed by atoms with Gasteiger partial charge in [0.1, 0.15) is 11.6 Å². The van der Waals surface area contributed by atoms with Gasteiger partial charge in [0.15, 0.2) is 0 Å². The lowest BCUT2D eigenvalue weighted by Gasteiger charge is -2.13. The van der Waals surface area contributed by atoms with Crippen LogP contribution in [0.4, 0.5) is 10.2 Å². The number of hydrogen-bond acceptors (Lipinski definition) is 2. The van der Waals surface area contributed by atoms with Crippen molar-refractivity contribution in [3.8, 4) is 11.3 Å². The van der Waals surface area contributed by atoms with Gasteiger partial charge < -0.3 is 5.32 Å². The molecule has 0 aliphatic rings. The van der Waals surface area contributed by atoms with Crippen molar-refractivity contribution in [1.29, 1.82) is 0 Å². The molecule has 0 fully saturated rings. The summed E-state index contributed by atoms with van der Waals surface area (Å²) in [5, 5.41) is 7.36. The zero-order valence-electron chi connectivity index (χ0n) is 16.7. The van der Waals surface area contributed by atoms with Crippen molar-refractivity contribution in [3.05, 3.63) is 71.5 Å². The van der Waals surface area contributed by atoms with Gasteiger partial charge >= 0.3 is 0 Å². The van der Waals surface area contributed by atoms with Gasteiger partial charge in [0.05, 0.1) is 11.6 Å². The van der Waals surface area contributed by atoms with Crippen molar-refractivity contribution in [2.45, 2.75) is 33.1 Å². The second-order valence-corrected chi connectivity index (χ2v) is 7.60. The SMILES string of the molecule is CC(C)Cc1ccc([C@@H](C)C(=O)Nc2cc(-c3ccc(F)cc3)nn2C)cc1. The lowest BCUT2D eigenvalue weighted by molar-refractivity contribution is -0.117. The largest absolute Gasteiger partial charge is 0.310 e. The molecule has 1 atom stereocenters. The highest BCUT2D eigenvalue weighted by Crippen LogP contribution is 2.24. The van der Waals surface area contributed by atoms with E-state index in [2.05, 4.69) is 36.4 Å². The molecular formula is C23H26FN3O. The van der Waals surface area contributed by atoms with Gasteiger partial charge in [0.25, 0.3) is 0 Å².